The van der Waals surface area contributed by atoms with Crippen LogP contribution in [0.4, 0.5) is 5.69 Å². The van der Waals surface area contributed by atoms with Crippen LogP contribution in [0.1, 0.15) is 18.4 Å². The van der Waals surface area contributed by atoms with Crippen molar-refractivity contribution in [1.82, 2.24) is 0 Å². The molecule has 94 valence electrons. The van der Waals surface area contributed by atoms with Crippen LogP contribution < -0.4 is 10.0 Å². The molecule has 0 atom stereocenters. The molecule has 2 N–H and O–H groups in total. The predicted octanol–water partition coefficient (Wildman–Crippen LogP) is 1.01. The molecule has 0 aliphatic carbocycles. The summed E-state index contributed by atoms with van der Waals surface area (Å²) in [5.41, 5.74) is 1.96. The van der Waals surface area contributed by atoms with Crippen LogP contribution in [-0.2, 0) is 21.1 Å². The van der Waals surface area contributed by atoms with Gasteiger partial charge in [-0.05, 0) is 30.5 Å². The molecule has 1 aromatic rings. The molecule has 0 amide bonds. The van der Waals surface area contributed by atoms with Crippen molar-refractivity contribution in [1.29, 1.82) is 0 Å². The molecule has 1 aliphatic rings. The molecule has 17 heavy (non-hydrogen) atoms. The van der Waals surface area contributed by atoms with Crippen LogP contribution in [0.25, 0.3) is 0 Å². The lowest BCUT2D eigenvalue weighted by Gasteiger charge is -2.17. The third-order valence-corrected chi connectivity index (χ3v) is 3.24. The Labute approximate surface area is 101 Å². The molecule has 2 rings (SSSR count). The summed E-state index contributed by atoms with van der Waals surface area (Å²) in [4.78, 5) is 2.31. The van der Waals surface area contributed by atoms with E-state index in [1.54, 1.807) is 0 Å². The number of benzene rings is 1. The van der Waals surface area contributed by atoms with Crippen molar-refractivity contribution in [2.24, 2.45) is 5.14 Å². The summed E-state index contributed by atoms with van der Waals surface area (Å²) in [7, 11) is -3.86. The van der Waals surface area contributed by atoms with Gasteiger partial charge in [0.25, 0.3) is 0 Å². The van der Waals surface area contributed by atoms with E-state index >= 15 is 0 Å². The van der Waals surface area contributed by atoms with E-state index in [4.69, 9.17) is 5.14 Å². The summed E-state index contributed by atoms with van der Waals surface area (Å²) >= 11 is 0. The summed E-state index contributed by atoms with van der Waals surface area (Å²) in [5.74, 6) is 0. The highest BCUT2D eigenvalue weighted by molar-refractivity contribution is 7.84. The average Bonchev–Trinajstić information content (AvgIpc) is 2.79. The summed E-state index contributed by atoms with van der Waals surface area (Å²) in [5, 5.41) is 4.75. The van der Waals surface area contributed by atoms with Gasteiger partial charge in [0.15, 0.2) is 0 Å². The van der Waals surface area contributed by atoms with Crippen LogP contribution in [0.5, 0.6) is 0 Å². The van der Waals surface area contributed by atoms with E-state index in [9.17, 15) is 8.42 Å². The molecule has 1 heterocycles. The zero-order chi connectivity index (χ0) is 12.3. The minimum atomic E-state index is -3.86. The van der Waals surface area contributed by atoms with E-state index in [0.29, 0.717) is 0 Å². The number of hydrogen-bond donors (Lipinski definition) is 1. The van der Waals surface area contributed by atoms with Gasteiger partial charge in [0, 0.05) is 18.8 Å². The average molecular weight is 256 g/mol. The highest BCUT2D eigenvalue weighted by atomic mass is 32.2. The summed E-state index contributed by atoms with van der Waals surface area (Å²) in [6, 6.07) is 7.68. The van der Waals surface area contributed by atoms with E-state index in [0.717, 1.165) is 18.7 Å². The van der Waals surface area contributed by atoms with E-state index in [-0.39, 0.29) is 6.61 Å². The van der Waals surface area contributed by atoms with Crippen molar-refractivity contribution in [2.45, 2.75) is 19.4 Å². The number of hydrogen-bond acceptors (Lipinski definition) is 4. The van der Waals surface area contributed by atoms with Gasteiger partial charge in [-0.25, -0.2) is 5.14 Å². The highest BCUT2D eigenvalue weighted by Gasteiger charge is 2.12. The molecule has 0 bridgehead atoms. The third kappa shape index (κ3) is 3.69. The predicted molar refractivity (Wildman–Crippen MR) is 65.8 cm³/mol. The largest absolute Gasteiger partial charge is 0.372 e. The van der Waals surface area contributed by atoms with Crippen molar-refractivity contribution < 1.29 is 12.6 Å². The van der Waals surface area contributed by atoms with Crippen LogP contribution >= 0.6 is 0 Å². The van der Waals surface area contributed by atoms with E-state index < -0.39 is 10.3 Å². The van der Waals surface area contributed by atoms with Crippen LogP contribution in [0.3, 0.4) is 0 Å². The first kappa shape index (κ1) is 12.3. The molecule has 0 aromatic heterocycles. The van der Waals surface area contributed by atoms with Gasteiger partial charge in [-0.3, -0.25) is 4.18 Å². The van der Waals surface area contributed by atoms with Gasteiger partial charge in [0.1, 0.15) is 0 Å². The fourth-order valence-electron chi connectivity index (χ4n) is 1.93. The first-order valence-electron chi connectivity index (χ1n) is 5.56. The van der Waals surface area contributed by atoms with Gasteiger partial charge < -0.3 is 4.90 Å². The lowest BCUT2D eigenvalue weighted by atomic mass is 10.2. The molecular formula is C11H16N2O3S. The van der Waals surface area contributed by atoms with Gasteiger partial charge in [0.05, 0.1) is 6.61 Å². The quantitative estimate of drug-likeness (QED) is 0.872. The Morgan fingerprint density at radius 3 is 2.29 bits per heavy atom. The van der Waals surface area contributed by atoms with Gasteiger partial charge in [-0.15, -0.1) is 0 Å². The van der Waals surface area contributed by atoms with Gasteiger partial charge >= 0.3 is 10.3 Å². The SMILES string of the molecule is NS(=O)(=O)OCc1ccc(N2CCCC2)cc1. The topological polar surface area (TPSA) is 72.6 Å². The highest BCUT2D eigenvalue weighted by Crippen LogP contribution is 2.20. The van der Waals surface area contributed by atoms with Crippen molar-refractivity contribution in [3.05, 3.63) is 29.8 Å². The molecule has 0 spiro atoms. The smallest absolute Gasteiger partial charge is 0.333 e. The molecule has 0 unspecified atom stereocenters. The Kier molecular flexibility index (Phi) is 3.66. The Bertz CT molecular complexity index is 464. The molecule has 1 aromatic carbocycles. The fraction of sp³-hybridized carbons (Fsp3) is 0.455. The zero-order valence-corrected chi connectivity index (χ0v) is 10.3. The van der Waals surface area contributed by atoms with Crippen LogP contribution in [-0.4, -0.2) is 21.5 Å². The minimum absolute atomic E-state index is 0.0148. The minimum Gasteiger partial charge on any atom is -0.372 e. The summed E-state index contributed by atoms with van der Waals surface area (Å²) in [6.45, 7) is 2.17. The van der Waals surface area contributed by atoms with Crippen LogP contribution in [0.15, 0.2) is 24.3 Å². The lowest BCUT2D eigenvalue weighted by Crippen LogP contribution is -2.17. The van der Waals surface area contributed by atoms with Gasteiger partial charge in [-0.1, -0.05) is 12.1 Å². The molecular weight excluding hydrogens is 240 g/mol. The van der Waals surface area contributed by atoms with Crippen molar-refractivity contribution >= 4 is 16.0 Å². The molecule has 6 heteroatoms. The van der Waals surface area contributed by atoms with E-state index in [2.05, 4.69) is 9.08 Å². The first-order valence-corrected chi connectivity index (χ1v) is 7.03. The monoisotopic (exact) mass is 256 g/mol. The first-order chi connectivity index (χ1) is 8.04. The van der Waals surface area contributed by atoms with Crippen LogP contribution in [0.2, 0.25) is 0 Å². The maximum atomic E-state index is 10.6. The molecule has 0 radical (unpaired) electrons. The third-order valence-electron chi connectivity index (χ3n) is 2.80. The zero-order valence-electron chi connectivity index (χ0n) is 9.50. The van der Waals surface area contributed by atoms with Crippen molar-refractivity contribution in [3.63, 3.8) is 0 Å². The summed E-state index contributed by atoms with van der Waals surface area (Å²) < 4.78 is 25.8. The second kappa shape index (κ2) is 5.03. The van der Waals surface area contributed by atoms with Gasteiger partial charge in [-0.2, -0.15) is 8.42 Å². The van der Waals surface area contributed by atoms with Crippen molar-refractivity contribution in [2.75, 3.05) is 18.0 Å². The standard InChI is InChI=1S/C11H16N2O3S/c12-17(14,15)16-9-10-3-5-11(6-4-10)13-7-1-2-8-13/h3-6H,1-2,7-9H2,(H2,12,14,15). The molecule has 5 nitrogen and oxygen atoms in total. The number of nitrogens with two attached hydrogens (primary N) is 1. The molecule has 1 saturated heterocycles. The maximum absolute atomic E-state index is 10.6. The normalized spacial score (nSPS) is 16.4. The van der Waals surface area contributed by atoms with E-state index in [1.165, 1.54) is 18.5 Å². The number of rotatable bonds is 4. The Morgan fingerprint density at radius 2 is 1.76 bits per heavy atom. The lowest BCUT2D eigenvalue weighted by molar-refractivity contribution is 0.308. The molecule has 1 aliphatic heterocycles. The fourth-order valence-corrected chi connectivity index (χ4v) is 2.23. The Hall–Kier alpha value is -1.11. The van der Waals surface area contributed by atoms with Gasteiger partial charge in [0.2, 0.25) is 0 Å². The Balaban J connectivity index is 1.97. The number of nitrogens with zero attached hydrogens (tertiary/aromatic N) is 1. The second-order valence-corrected chi connectivity index (χ2v) is 5.34. The second-order valence-electron chi connectivity index (χ2n) is 4.12. The molecule has 0 saturated carbocycles. The Morgan fingerprint density at radius 1 is 1.18 bits per heavy atom. The van der Waals surface area contributed by atoms with E-state index in [1.807, 2.05) is 24.3 Å². The summed E-state index contributed by atoms with van der Waals surface area (Å²) in [6.07, 6.45) is 2.46. The van der Waals surface area contributed by atoms with Crippen molar-refractivity contribution in [3.8, 4) is 0 Å². The molecule has 1 fully saturated rings. The maximum Gasteiger partial charge on any atom is 0.333 e. The van der Waals surface area contributed by atoms with Crippen LogP contribution in [0, 0.1) is 0 Å². The number of anilines is 1.